The molecule has 1 N–H and O–H groups in total. The lowest BCUT2D eigenvalue weighted by atomic mass is 10.1. The molecule has 1 aromatic carbocycles. The Hall–Kier alpha value is -0.870. The number of fused-ring (bicyclic) bond motifs is 1. The molecule has 2 rings (SSSR count). The number of hydrogen-bond donors (Lipinski definition) is 1. The Bertz CT molecular complexity index is 481. The number of rotatable bonds is 1. The Labute approximate surface area is 87.5 Å². The van der Waals surface area contributed by atoms with E-state index in [1.807, 2.05) is 0 Å². The van der Waals surface area contributed by atoms with E-state index in [2.05, 4.69) is 0 Å². The number of thiophene rings is 1. The topological polar surface area (TPSA) is 20.2 Å². The summed E-state index contributed by atoms with van der Waals surface area (Å²) >= 11 is 7.02. The fraction of sp³-hybridized carbons (Fsp3) is 0.111. The molecule has 1 heterocycles. The zero-order valence-corrected chi connectivity index (χ0v) is 8.37. The molecule has 0 aliphatic carbocycles. The number of hydrogen-bond acceptors (Lipinski definition) is 2. The first-order chi connectivity index (χ1) is 6.59. The molecule has 0 radical (unpaired) electrons. The first kappa shape index (κ1) is 9.68. The lowest BCUT2D eigenvalue weighted by Gasteiger charge is -2.01. The Morgan fingerprint density at radius 3 is 2.71 bits per heavy atom. The van der Waals surface area contributed by atoms with Crippen molar-refractivity contribution in [3.8, 4) is 5.75 Å². The van der Waals surface area contributed by atoms with Crippen molar-refractivity contribution in [1.82, 2.24) is 0 Å². The third kappa shape index (κ3) is 1.44. The smallest absolute Gasteiger partial charge is 0.263 e. The summed E-state index contributed by atoms with van der Waals surface area (Å²) < 4.78 is 25.4. The second-order valence-corrected chi connectivity index (χ2v) is 4.09. The van der Waals surface area contributed by atoms with Crippen LogP contribution in [0.4, 0.5) is 8.78 Å². The number of benzene rings is 1. The number of aromatic hydroxyl groups is 1. The SMILES string of the molecule is Oc1csc2c(Cl)cc(C(F)F)cc12. The minimum atomic E-state index is -2.57. The molecular formula is C9H5ClF2OS. The highest BCUT2D eigenvalue weighted by Crippen LogP contribution is 2.38. The van der Waals surface area contributed by atoms with E-state index in [1.54, 1.807) is 0 Å². The van der Waals surface area contributed by atoms with Gasteiger partial charge in [0.05, 0.1) is 9.72 Å². The van der Waals surface area contributed by atoms with E-state index in [-0.39, 0.29) is 16.3 Å². The average molecular weight is 235 g/mol. The second-order valence-electron chi connectivity index (χ2n) is 2.80. The summed E-state index contributed by atoms with van der Waals surface area (Å²) in [6.07, 6.45) is -2.57. The van der Waals surface area contributed by atoms with Crippen LogP contribution in [-0.2, 0) is 0 Å². The lowest BCUT2D eigenvalue weighted by molar-refractivity contribution is 0.151. The standard InChI is InChI=1S/C9H5ClF2OS/c10-6-2-4(9(11)12)1-5-7(13)3-14-8(5)6/h1-3,9,13H. The molecule has 0 fully saturated rings. The highest BCUT2D eigenvalue weighted by atomic mass is 35.5. The normalized spacial score (nSPS) is 11.4. The number of halogens is 3. The van der Waals surface area contributed by atoms with Crippen LogP contribution in [0.1, 0.15) is 12.0 Å². The highest BCUT2D eigenvalue weighted by molar-refractivity contribution is 7.18. The van der Waals surface area contributed by atoms with Crippen LogP contribution in [0.15, 0.2) is 17.5 Å². The summed E-state index contributed by atoms with van der Waals surface area (Å²) in [5.74, 6) is -0.00519. The molecule has 1 nitrogen and oxygen atoms in total. The average Bonchev–Trinajstić information content (AvgIpc) is 2.48. The minimum Gasteiger partial charge on any atom is -0.506 e. The Kier molecular flexibility index (Phi) is 2.33. The monoisotopic (exact) mass is 234 g/mol. The molecule has 5 heteroatoms. The van der Waals surface area contributed by atoms with Gasteiger partial charge in [-0.15, -0.1) is 11.3 Å². The van der Waals surface area contributed by atoms with Crippen molar-refractivity contribution < 1.29 is 13.9 Å². The maximum Gasteiger partial charge on any atom is 0.263 e. The van der Waals surface area contributed by atoms with Crippen molar-refractivity contribution in [2.24, 2.45) is 0 Å². The molecule has 0 unspecified atom stereocenters. The van der Waals surface area contributed by atoms with Crippen LogP contribution in [0, 0.1) is 0 Å². The van der Waals surface area contributed by atoms with Gasteiger partial charge in [-0.3, -0.25) is 0 Å². The van der Waals surface area contributed by atoms with Gasteiger partial charge in [0.2, 0.25) is 0 Å². The molecule has 0 saturated carbocycles. The van der Waals surface area contributed by atoms with Crippen molar-refractivity contribution in [3.05, 3.63) is 28.1 Å². The van der Waals surface area contributed by atoms with Gasteiger partial charge in [0.15, 0.2) is 0 Å². The maximum atomic E-state index is 12.4. The van der Waals surface area contributed by atoms with E-state index in [1.165, 1.54) is 28.8 Å². The molecule has 0 bridgehead atoms. The van der Waals surface area contributed by atoms with Crippen LogP contribution in [0.3, 0.4) is 0 Å². The second kappa shape index (κ2) is 3.37. The van der Waals surface area contributed by atoms with E-state index >= 15 is 0 Å². The van der Waals surface area contributed by atoms with Gasteiger partial charge in [0.25, 0.3) is 6.43 Å². The van der Waals surface area contributed by atoms with Crippen LogP contribution >= 0.6 is 22.9 Å². The predicted molar refractivity (Wildman–Crippen MR) is 53.5 cm³/mol. The van der Waals surface area contributed by atoms with Gasteiger partial charge in [0.1, 0.15) is 5.75 Å². The predicted octanol–water partition coefficient (Wildman–Crippen LogP) is 4.20. The summed E-state index contributed by atoms with van der Waals surface area (Å²) in [4.78, 5) is 0. The largest absolute Gasteiger partial charge is 0.506 e. The zero-order valence-electron chi connectivity index (χ0n) is 6.80. The molecule has 0 atom stereocenters. The van der Waals surface area contributed by atoms with Crippen LogP contribution in [0.5, 0.6) is 5.75 Å². The highest BCUT2D eigenvalue weighted by Gasteiger charge is 2.13. The first-order valence-corrected chi connectivity index (χ1v) is 5.03. The van der Waals surface area contributed by atoms with Gasteiger partial charge in [-0.1, -0.05) is 11.6 Å². The summed E-state index contributed by atoms with van der Waals surface area (Å²) in [6, 6.07) is 2.49. The van der Waals surface area contributed by atoms with Crippen molar-refractivity contribution in [3.63, 3.8) is 0 Å². The molecule has 2 aromatic rings. The molecule has 0 aliphatic rings. The quantitative estimate of drug-likeness (QED) is 0.784. The van der Waals surface area contributed by atoms with E-state index in [4.69, 9.17) is 11.6 Å². The van der Waals surface area contributed by atoms with Crippen LogP contribution in [-0.4, -0.2) is 5.11 Å². The third-order valence-corrected chi connectivity index (χ3v) is 3.31. The van der Waals surface area contributed by atoms with Crippen molar-refractivity contribution in [1.29, 1.82) is 0 Å². The lowest BCUT2D eigenvalue weighted by Crippen LogP contribution is -1.83. The Morgan fingerprint density at radius 2 is 2.07 bits per heavy atom. The molecule has 0 amide bonds. The minimum absolute atomic E-state index is 0.00519. The summed E-state index contributed by atoms with van der Waals surface area (Å²) in [7, 11) is 0. The van der Waals surface area contributed by atoms with Crippen molar-refractivity contribution in [2.75, 3.05) is 0 Å². The van der Waals surface area contributed by atoms with E-state index in [0.29, 0.717) is 10.1 Å². The molecule has 14 heavy (non-hydrogen) atoms. The van der Waals surface area contributed by atoms with E-state index in [9.17, 15) is 13.9 Å². The van der Waals surface area contributed by atoms with Gasteiger partial charge >= 0.3 is 0 Å². The fourth-order valence-electron chi connectivity index (χ4n) is 1.23. The van der Waals surface area contributed by atoms with Crippen LogP contribution < -0.4 is 0 Å². The Balaban J connectivity index is 2.75. The van der Waals surface area contributed by atoms with Crippen molar-refractivity contribution >= 4 is 33.0 Å². The van der Waals surface area contributed by atoms with Gasteiger partial charge < -0.3 is 5.11 Å². The molecule has 1 aromatic heterocycles. The summed E-state index contributed by atoms with van der Waals surface area (Å²) in [6.45, 7) is 0. The molecular weight excluding hydrogens is 230 g/mol. The zero-order chi connectivity index (χ0) is 10.3. The van der Waals surface area contributed by atoms with Gasteiger partial charge in [0, 0.05) is 16.3 Å². The third-order valence-electron chi connectivity index (χ3n) is 1.88. The first-order valence-electron chi connectivity index (χ1n) is 3.77. The summed E-state index contributed by atoms with van der Waals surface area (Å²) in [5.41, 5.74) is -0.170. The van der Waals surface area contributed by atoms with E-state index in [0.717, 1.165) is 0 Å². The van der Waals surface area contributed by atoms with Gasteiger partial charge in [-0.05, 0) is 12.1 Å². The van der Waals surface area contributed by atoms with Crippen molar-refractivity contribution in [2.45, 2.75) is 6.43 Å². The van der Waals surface area contributed by atoms with Gasteiger partial charge in [-0.2, -0.15) is 0 Å². The summed E-state index contributed by atoms with van der Waals surface area (Å²) in [5, 5.41) is 11.5. The molecule has 0 spiro atoms. The maximum absolute atomic E-state index is 12.4. The van der Waals surface area contributed by atoms with E-state index < -0.39 is 6.43 Å². The molecule has 0 saturated heterocycles. The molecule has 0 aliphatic heterocycles. The van der Waals surface area contributed by atoms with Crippen LogP contribution in [0.2, 0.25) is 5.02 Å². The molecule has 74 valence electrons. The number of alkyl halides is 2. The van der Waals surface area contributed by atoms with Gasteiger partial charge in [-0.25, -0.2) is 8.78 Å². The van der Waals surface area contributed by atoms with Crippen LogP contribution in [0.25, 0.3) is 10.1 Å². The fourth-order valence-corrected chi connectivity index (χ4v) is 2.41. The Morgan fingerprint density at radius 1 is 1.36 bits per heavy atom.